The molecule has 0 aromatic carbocycles. The highest BCUT2D eigenvalue weighted by atomic mass is 15.0. The molecular formula is C7H6N. The van der Waals surface area contributed by atoms with Crippen molar-refractivity contribution in [3.8, 4) is 0 Å². The molecule has 39 valence electrons. The summed E-state index contributed by atoms with van der Waals surface area (Å²) in [6, 6.07) is 4.00. The number of allylic oxidation sites excluding steroid dienone is 1. The van der Waals surface area contributed by atoms with E-state index in [1.165, 1.54) is 5.69 Å². The number of fused-ring (bicyclic) bond motifs is 1. The quantitative estimate of drug-likeness (QED) is 0.467. The number of hydrogen-bond acceptors (Lipinski definition) is 0. The van der Waals surface area contributed by atoms with Crippen LogP contribution in [0, 0.1) is 6.20 Å². The van der Waals surface area contributed by atoms with Crippen molar-refractivity contribution in [1.29, 1.82) is 0 Å². The summed E-state index contributed by atoms with van der Waals surface area (Å²) in [6.07, 6.45) is 7.31. The maximum Gasteiger partial charge on any atom is 0.0655 e. The van der Waals surface area contributed by atoms with E-state index in [1.807, 2.05) is 6.07 Å². The molecule has 0 unspecified atom stereocenters. The van der Waals surface area contributed by atoms with Gasteiger partial charge in [-0.05, 0) is 18.2 Å². The minimum atomic E-state index is 1.00. The molecule has 0 saturated heterocycles. The van der Waals surface area contributed by atoms with Crippen molar-refractivity contribution < 1.29 is 0 Å². The Morgan fingerprint density at radius 3 is 3.50 bits per heavy atom. The van der Waals surface area contributed by atoms with Crippen LogP contribution >= 0.6 is 0 Å². The third-order valence-electron chi connectivity index (χ3n) is 1.37. The Balaban J connectivity index is 2.67. The first-order valence-electron chi connectivity index (χ1n) is 2.70. The Hall–Kier alpha value is -0.980. The molecule has 0 spiro atoms. The van der Waals surface area contributed by atoms with Crippen LogP contribution in [0.5, 0.6) is 0 Å². The standard InChI is InChI=1S/C7H6N/c1-3-7-4-2-6-8(7)5-1/h1-4H,5H2. The van der Waals surface area contributed by atoms with Gasteiger partial charge in [0, 0.05) is 12.2 Å². The first-order chi connectivity index (χ1) is 3.97. The molecule has 2 heterocycles. The monoisotopic (exact) mass is 104 g/mol. The lowest BCUT2D eigenvalue weighted by Crippen LogP contribution is -1.87. The second-order valence-corrected chi connectivity index (χ2v) is 1.90. The molecule has 1 heteroatoms. The van der Waals surface area contributed by atoms with Gasteiger partial charge in [-0.2, -0.15) is 0 Å². The average Bonchev–Trinajstić information content (AvgIpc) is 2.15. The fourth-order valence-corrected chi connectivity index (χ4v) is 0.960. The van der Waals surface area contributed by atoms with Gasteiger partial charge >= 0.3 is 0 Å². The summed E-state index contributed by atoms with van der Waals surface area (Å²) in [6.45, 7) is 1.00. The van der Waals surface area contributed by atoms with Crippen LogP contribution in [0.1, 0.15) is 5.69 Å². The molecular weight excluding hydrogens is 98.1 g/mol. The molecule has 8 heavy (non-hydrogen) atoms. The number of rotatable bonds is 0. The fraction of sp³-hybridized carbons (Fsp3) is 0.143. The molecule has 1 radical (unpaired) electrons. The first kappa shape index (κ1) is 3.96. The molecule has 0 bridgehead atoms. The zero-order chi connectivity index (χ0) is 5.40. The molecule has 0 fully saturated rings. The van der Waals surface area contributed by atoms with E-state index in [2.05, 4.69) is 29.0 Å². The minimum absolute atomic E-state index is 1.00. The fourth-order valence-electron chi connectivity index (χ4n) is 0.960. The van der Waals surface area contributed by atoms with Crippen LogP contribution in [0.4, 0.5) is 0 Å². The van der Waals surface area contributed by atoms with E-state index in [0.717, 1.165) is 6.54 Å². The van der Waals surface area contributed by atoms with Gasteiger partial charge in [0.1, 0.15) is 0 Å². The van der Waals surface area contributed by atoms with Crippen molar-refractivity contribution in [2.24, 2.45) is 0 Å². The van der Waals surface area contributed by atoms with Gasteiger partial charge in [-0.15, -0.1) is 0 Å². The predicted octanol–water partition coefficient (Wildman–Crippen LogP) is 1.32. The molecule has 0 N–H and O–H groups in total. The topological polar surface area (TPSA) is 4.93 Å². The number of aromatic nitrogens is 1. The Kier molecular flexibility index (Phi) is 0.618. The van der Waals surface area contributed by atoms with Gasteiger partial charge in [-0.3, -0.25) is 0 Å². The second kappa shape index (κ2) is 1.25. The van der Waals surface area contributed by atoms with Gasteiger partial charge in [0.2, 0.25) is 0 Å². The molecule has 2 rings (SSSR count). The highest BCUT2D eigenvalue weighted by Crippen LogP contribution is 2.09. The maximum atomic E-state index is 3.07. The van der Waals surface area contributed by atoms with E-state index in [1.54, 1.807) is 0 Å². The summed E-state index contributed by atoms with van der Waals surface area (Å²) in [7, 11) is 0. The predicted molar refractivity (Wildman–Crippen MR) is 32.3 cm³/mol. The molecule has 1 aromatic heterocycles. The van der Waals surface area contributed by atoms with Crippen LogP contribution in [0.25, 0.3) is 6.08 Å². The van der Waals surface area contributed by atoms with E-state index >= 15 is 0 Å². The van der Waals surface area contributed by atoms with Crippen LogP contribution in [-0.2, 0) is 6.54 Å². The van der Waals surface area contributed by atoms with Crippen molar-refractivity contribution in [3.05, 3.63) is 30.1 Å². The summed E-state index contributed by atoms with van der Waals surface area (Å²) >= 11 is 0. The van der Waals surface area contributed by atoms with Crippen LogP contribution in [0.3, 0.4) is 0 Å². The molecule has 0 amide bonds. The number of nitrogens with zero attached hydrogens (tertiary/aromatic N) is 1. The number of hydrogen-bond donors (Lipinski definition) is 0. The Morgan fingerprint density at radius 1 is 1.62 bits per heavy atom. The zero-order valence-electron chi connectivity index (χ0n) is 4.46. The summed E-state index contributed by atoms with van der Waals surface area (Å²) in [4.78, 5) is 0. The van der Waals surface area contributed by atoms with Crippen LogP contribution in [0.2, 0.25) is 0 Å². The van der Waals surface area contributed by atoms with Crippen LogP contribution in [-0.4, -0.2) is 4.57 Å². The lowest BCUT2D eigenvalue weighted by Gasteiger charge is -1.89. The second-order valence-electron chi connectivity index (χ2n) is 1.90. The van der Waals surface area contributed by atoms with E-state index in [4.69, 9.17) is 0 Å². The maximum absolute atomic E-state index is 3.07. The van der Waals surface area contributed by atoms with Crippen molar-refractivity contribution in [3.63, 3.8) is 0 Å². The van der Waals surface area contributed by atoms with Gasteiger partial charge in [-0.25, -0.2) is 0 Å². The van der Waals surface area contributed by atoms with Crippen molar-refractivity contribution in [1.82, 2.24) is 4.57 Å². The van der Waals surface area contributed by atoms with Crippen molar-refractivity contribution >= 4 is 6.08 Å². The third-order valence-corrected chi connectivity index (χ3v) is 1.37. The average molecular weight is 104 g/mol. The van der Waals surface area contributed by atoms with E-state index < -0.39 is 0 Å². The largest absolute Gasteiger partial charge is 0.336 e. The van der Waals surface area contributed by atoms with Gasteiger partial charge in [0.05, 0.1) is 6.20 Å². The van der Waals surface area contributed by atoms with E-state index in [9.17, 15) is 0 Å². The molecule has 1 nitrogen and oxygen atoms in total. The summed E-state index contributed by atoms with van der Waals surface area (Å²) in [5, 5.41) is 0. The van der Waals surface area contributed by atoms with Gasteiger partial charge in [0.25, 0.3) is 0 Å². The van der Waals surface area contributed by atoms with Gasteiger partial charge in [-0.1, -0.05) is 6.08 Å². The van der Waals surface area contributed by atoms with Crippen molar-refractivity contribution in [2.45, 2.75) is 6.54 Å². The molecule has 1 aliphatic rings. The molecule has 0 atom stereocenters. The Labute approximate surface area is 48.2 Å². The zero-order valence-corrected chi connectivity index (χ0v) is 4.46. The van der Waals surface area contributed by atoms with Crippen LogP contribution in [0.15, 0.2) is 18.2 Å². The lowest BCUT2D eigenvalue weighted by molar-refractivity contribution is 0.840. The Morgan fingerprint density at radius 2 is 2.62 bits per heavy atom. The smallest absolute Gasteiger partial charge is 0.0655 e. The van der Waals surface area contributed by atoms with Crippen molar-refractivity contribution in [2.75, 3.05) is 0 Å². The SMILES string of the molecule is [c]1ccc2n1CC=C2. The van der Waals surface area contributed by atoms with E-state index in [0.29, 0.717) is 0 Å². The van der Waals surface area contributed by atoms with Gasteiger partial charge < -0.3 is 4.57 Å². The Bertz CT molecular complexity index is 220. The molecule has 0 aliphatic carbocycles. The first-order valence-corrected chi connectivity index (χ1v) is 2.70. The highest BCUT2D eigenvalue weighted by molar-refractivity contribution is 5.48. The minimum Gasteiger partial charge on any atom is -0.336 e. The molecule has 1 aromatic rings. The summed E-state index contributed by atoms with van der Waals surface area (Å²) in [5.41, 5.74) is 1.27. The summed E-state index contributed by atoms with van der Waals surface area (Å²) < 4.78 is 2.08. The molecule has 1 aliphatic heterocycles. The highest BCUT2D eigenvalue weighted by Gasteiger charge is 1.99. The van der Waals surface area contributed by atoms with Gasteiger partial charge in [0.15, 0.2) is 0 Å². The normalized spacial score (nSPS) is 14.5. The summed E-state index contributed by atoms with van der Waals surface area (Å²) in [5.74, 6) is 0. The molecule has 0 saturated carbocycles. The van der Waals surface area contributed by atoms with Crippen LogP contribution < -0.4 is 0 Å². The third kappa shape index (κ3) is 0.360. The lowest BCUT2D eigenvalue weighted by atomic mass is 10.4. The van der Waals surface area contributed by atoms with E-state index in [-0.39, 0.29) is 0 Å².